The first-order valence-corrected chi connectivity index (χ1v) is 9.76. The van der Waals surface area contributed by atoms with Crippen LogP contribution in [0.4, 0.5) is 16.3 Å². The molecule has 0 spiro atoms. The number of nitrogens with two attached hydrogens (primary N) is 2. The highest BCUT2D eigenvalue weighted by Gasteiger charge is 2.22. The van der Waals surface area contributed by atoms with Crippen molar-refractivity contribution in [1.82, 2.24) is 10.3 Å². The van der Waals surface area contributed by atoms with Crippen LogP contribution in [0.3, 0.4) is 0 Å². The van der Waals surface area contributed by atoms with Crippen LogP contribution in [0.25, 0.3) is 0 Å². The molecule has 29 heavy (non-hydrogen) atoms. The number of amides is 2. The highest BCUT2D eigenvalue weighted by molar-refractivity contribution is 6.02. The van der Waals surface area contributed by atoms with Crippen molar-refractivity contribution in [2.24, 2.45) is 10.7 Å². The minimum atomic E-state index is -0.402. The Morgan fingerprint density at radius 2 is 2.00 bits per heavy atom. The average molecular weight is 399 g/mol. The highest BCUT2D eigenvalue weighted by atomic mass is 16.5. The van der Waals surface area contributed by atoms with Crippen LogP contribution in [0.15, 0.2) is 47.6 Å². The molecule has 8 nitrogen and oxygen atoms in total. The lowest BCUT2D eigenvalue weighted by Crippen LogP contribution is -2.39. The van der Waals surface area contributed by atoms with Gasteiger partial charge in [-0.15, -0.1) is 0 Å². The molecule has 0 aliphatic heterocycles. The first-order valence-electron chi connectivity index (χ1n) is 9.76. The van der Waals surface area contributed by atoms with E-state index in [0.717, 1.165) is 12.0 Å². The van der Waals surface area contributed by atoms with Crippen LogP contribution >= 0.6 is 0 Å². The molecule has 0 radical (unpaired) electrons. The maximum absolute atomic E-state index is 12.6. The zero-order chi connectivity index (χ0) is 21.2. The molecule has 0 aliphatic rings. The third-order valence-corrected chi connectivity index (χ3v) is 4.28. The second kappa shape index (κ2) is 11.0. The average Bonchev–Trinajstić information content (AvgIpc) is 2.71. The Hall–Kier alpha value is -3.13. The van der Waals surface area contributed by atoms with Crippen molar-refractivity contribution in [2.45, 2.75) is 39.3 Å². The van der Waals surface area contributed by atoms with Gasteiger partial charge in [-0.25, -0.2) is 9.78 Å². The van der Waals surface area contributed by atoms with E-state index < -0.39 is 6.03 Å². The monoisotopic (exact) mass is 398 g/mol. The van der Waals surface area contributed by atoms with E-state index in [2.05, 4.69) is 20.6 Å². The molecule has 1 heterocycles. The summed E-state index contributed by atoms with van der Waals surface area (Å²) in [6, 6.07) is 10.5. The van der Waals surface area contributed by atoms with Gasteiger partial charge in [0.1, 0.15) is 11.7 Å². The molecule has 156 valence electrons. The summed E-state index contributed by atoms with van der Waals surface area (Å²) in [6.07, 6.45) is 2.20. The van der Waals surface area contributed by atoms with Crippen molar-refractivity contribution in [2.75, 3.05) is 24.2 Å². The van der Waals surface area contributed by atoms with Crippen LogP contribution < -0.4 is 22.1 Å². The molecule has 0 bridgehead atoms. The van der Waals surface area contributed by atoms with E-state index in [-0.39, 0.29) is 12.1 Å². The number of nitrogens with zero attached hydrogens (tertiary/aromatic N) is 2. The largest absolute Gasteiger partial charge is 0.398 e. The van der Waals surface area contributed by atoms with Crippen LogP contribution in [0.5, 0.6) is 0 Å². The number of aromatic nitrogens is 1. The lowest BCUT2D eigenvalue weighted by Gasteiger charge is -2.26. The van der Waals surface area contributed by atoms with Gasteiger partial charge < -0.3 is 21.5 Å². The van der Waals surface area contributed by atoms with Crippen LogP contribution in [-0.4, -0.2) is 36.1 Å². The minimum absolute atomic E-state index is 0.200. The van der Waals surface area contributed by atoms with Crippen molar-refractivity contribution in [3.05, 3.63) is 53.7 Å². The zero-order valence-corrected chi connectivity index (χ0v) is 17.2. The Morgan fingerprint density at radius 1 is 1.28 bits per heavy atom. The lowest BCUT2D eigenvalue weighted by atomic mass is 10.0. The van der Waals surface area contributed by atoms with E-state index in [1.165, 1.54) is 6.20 Å². The molecule has 2 aromatic rings. The minimum Gasteiger partial charge on any atom is -0.398 e. The summed E-state index contributed by atoms with van der Waals surface area (Å²) in [5.41, 5.74) is 13.8. The number of nitrogen functional groups attached to an aromatic ring is 1. The van der Waals surface area contributed by atoms with Crippen LogP contribution in [-0.2, 0) is 4.74 Å². The molecule has 1 aromatic heterocycles. The summed E-state index contributed by atoms with van der Waals surface area (Å²) < 4.78 is 5.84. The number of anilines is 2. The van der Waals surface area contributed by atoms with E-state index in [1.54, 1.807) is 6.07 Å². The third kappa shape index (κ3) is 6.46. The van der Waals surface area contributed by atoms with Gasteiger partial charge in [-0.1, -0.05) is 37.3 Å². The van der Waals surface area contributed by atoms with Crippen molar-refractivity contribution in [1.29, 1.82) is 0 Å². The van der Waals surface area contributed by atoms with Gasteiger partial charge in [0.2, 0.25) is 0 Å². The molecule has 2 rings (SSSR count). The van der Waals surface area contributed by atoms with E-state index >= 15 is 0 Å². The molecule has 0 fully saturated rings. The summed E-state index contributed by atoms with van der Waals surface area (Å²) >= 11 is 0. The molecule has 0 unspecified atom stereocenters. The number of aliphatic imine (C=N–C) groups is 1. The number of urea groups is 1. The van der Waals surface area contributed by atoms with Crippen molar-refractivity contribution < 1.29 is 9.53 Å². The maximum Gasteiger partial charge on any atom is 0.320 e. The van der Waals surface area contributed by atoms with Crippen molar-refractivity contribution >= 4 is 23.4 Å². The van der Waals surface area contributed by atoms with Gasteiger partial charge in [0.05, 0.1) is 17.7 Å². The zero-order valence-electron chi connectivity index (χ0n) is 17.2. The Kier molecular flexibility index (Phi) is 8.42. The number of pyridine rings is 1. The van der Waals surface area contributed by atoms with Gasteiger partial charge in [0.15, 0.2) is 0 Å². The van der Waals surface area contributed by atoms with Crippen LogP contribution in [0.2, 0.25) is 0 Å². The first-order chi connectivity index (χ1) is 14.0. The van der Waals surface area contributed by atoms with Gasteiger partial charge in [-0.05, 0) is 25.8 Å². The van der Waals surface area contributed by atoms with Crippen molar-refractivity contribution in [3.8, 4) is 0 Å². The topological polar surface area (TPSA) is 128 Å². The van der Waals surface area contributed by atoms with Crippen LogP contribution in [0, 0.1) is 0 Å². The Morgan fingerprint density at radius 3 is 2.62 bits per heavy atom. The molecule has 0 saturated heterocycles. The molecule has 2 amide bonds. The smallest absolute Gasteiger partial charge is 0.320 e. The van der Waals surface area contributed by atoms with E-state index in [4.69, 9.17) is 16.2 Å². The van der Waals surface area contributed by atoms with Crippen molar-refractivity contribution in [3.63, 3.8) is 0 Å². The molecule has 1 aromatic carbocycles. The molecular formula is C21H30N6O2. The van der Waals surface area contributed by atoms with E-state index in [9.17, 15) is 4.79 Å². The fourth-order valence-corrected chi connectivity index (χ4v) is 2.83. The molecule has 0 aliphatic carbocycles. The molecule has 6 N–H and O–H groups in total. The Labute approximate surface area is 171 Å². The second-order valence-electron chi connectivity index (χ2n) is 6.58. The number of carbonyl (C=O) groups excluding carboxylic acids is 1. The third-order valence-electron chi connectivity index (χ3n) is 4.28. The summed E-state index contributed by atoms with van der Waals surface area (Å²) in [6.45, 7) is 7.03. The first kappa shape index (κ1) is 22.2. The maximum atomic E-state index is 12.6. The van der Waals surface area contributed by atoms with Gasteiger partial charge in [0.25, 0.3) is 0 Å². The van der Waals surface area contributed by atoms with Crippen LogP contribution in [0.1, 0.15) is 44.4 Å². The normalized spacial score (nSPS) is 13.6. The number of rotatable bonds is 9. The number of amidine groups is 1. The fourth-order valence-electron chi connectivity index (χ4n) is 2.83. The Balaban J connectivity index is 2.11. The summed E-state index contributed by atoms with van der Waals surface area (Å²) in [5.74, 6) is 0.640. The molecule has 2 atom stereocenters. The van der Waals surface area contributed by atoms with Gasteiger partial charge >= 0.3 is 6.03 Å². The second-order valence-corrected chi connectivity index (χ2v) is 6.58. The summed E-state index contributed by atoms with van der Waals surface area (Å²) in [4.78, 5) is 20.9. The standard InChI is InChI=1S/C21H30N6O2/c1-4-11-29-14(3)19(15-9-7-6-8-10-15)27-21(28)26-18-12-17(22)16(13-25-18)20(23)24-5-2/h6-10,12-14,19H,4-5,11H2,1-3H3,(H2,23,24)(H4,22,25,26,27,28)/t14-,19-/m1/s1. The number of nitrogens with one attached hydrogen (secondary N) is 2. The highest BCUT2D eigenvalue weighted by Crippen LogP contribution is 2.20. The van der Waals surface area contributed by atoms with Gasteiger partial charge in [0, 0.05) is 31.1 Å². The van der Waals surface area contributed by atoms with E-state index in [1.807, 2.05) is 51.1 Å². The number of hydrogen-bond donors (Lipinski definition) is 4. The van der Waals surface area contributed by atoms with Gasteiger partial charge in [-0.2, -0.15) is 0 Å². The lowest BCUT2D eigenvalue weighted by molar-refractivity contribution is 0.0418. The predicted octanol–water partition coefficient (Wildman–Crippen LogP) is 3.07. The SMILES string of the molecule is CCCO[C@H](C)[C@@H](NC(=O)Nc1cc(N)c(C(N)=NCC)cn1)c1ccccc1. The molecule has 8 heteroatoms. The predicted molar refractivity (Wildman–Crippen MR) is 117 cm³/mol. The molecule has 0 saturated carbocycles. The quantitative estimate of drug-likeness (QED) is 0.381. The summed E-state index contributed by atoms with van der Waals surface area (Å²) in [7, 11) is 0. The van der Waals surface area contributed by atoms with E-state index in [0.29, 0.717) is 36.1 Å². The Bertz CT molecular complexity index is 825. The number of carbonyl (C=O) groups is 1. The number of ether oxygens (including phenoxy) is 1. The van der Waals surface area contributed by atoms with Gasteiger partial charge in [-0.3, -0.25) is 10.3 Å². The molecular weight excluding hydrogens is 368 g/mol. The number of benzene rings is 1. The summed E-state index contributed by atoms with van der Waals surface area (Å²) in [5, 5.41) is 5.68. The fraction of sp³-hybridized carbons (Fsp3) is 0.381. The number of hydrogen-bond acceptors (Lipinski definition) is 5.